The fourth-order valence-corrected chi connectivity index (χ4v) is 4.19. The van der Waals surface area contributed by atoms with Crippen LogP contribution < -0.4 is 15.2 Å². The number of ether oxygens (including phenoxy) is 4. The average molecular weight is 412 g/mol. The predicted octanol–water partition coefficient (Wildman–Crippen LogP) is 3.22. The highest BCUT2D eigenvalue weighted by Gasteiger charge is 2.26. The van der Waals surface area contributed by atoms with E-state index in [4.69, 9.17) is 24.7 Å². The van der Waals surface area contributed by atoms with Gasteiger partial charge in [0.25, 0.3) is 0 Å². The summed E-state index contributed by atoms with van der Waals surface area (Å²) in [5.74, 6) is 1.48. The summed E-state index contributed by atoms with van der Waals surface area (Å²) in [6.45, 7) is 0.470. The Bertz CT molecular complexity index is 788. The molecule has 0 unspecified atom stereocenters. The number of rotatable bonds is 9. The highest BCUT2D eigenvalue weighted by Crippen LogP contribution is 2.34. The van der Waals surface area contributed by atoms with Crippen LogP contribution in [-0.2, 0) is 15.2 Å². The maximum absolute atomic E-state index is 12.0. The van der Waals surface area contributed by atoms with E-state index in [1.54, 1.807) is 7.11 Å². The van der Waals surface area contributed by atoms with Crippen molar-refractivity contribution in [2.45, 2.75) is 5.75 Å². The van der Waals surface area contributed by atoms with Gasteiger partial charge in [-0.05, 0) is 24.3 Å². The van der Waals surface area contributed by atoms with E-state index in [0.29, 0.717) is 28.6 Å². The molecule has 7 nitrogen and oxygen atoms in total. The molecule has 27 heavy (non-hydrogen) atoms. The molecule has 0 aliphatic rings. The second kappa shape index (κ2) is 10.1. The average Bonchev–Trinajstić information content (AvgIpc) is 3.03. The molecule has 0 atom stereocenters. The van der Waals surface area contributed by atoms with Gasteiger partial charge in [0.1, 0.15) is 21.4 Å². The molecule has 1 aromatic carbocycles. The van der Waals surface area contributed by atoms with Crippen molar-refractivity contribution in [2.24, 2.45) is 0 Å². The molecule has 0 amide bonds. The highest BCUT2D eigenvalue weighted by atomic mass is 32.2. The van der Waals surface area contributed by atoms with E-state index >= 15 is 0 Å². The van der Waals surface area contributed by atoms with Crippen LogP contribution in [-0.4, -0.2) is 45.6 Å². The van der Waals surface area contributed by atoms with Crippen molar-refractivity contribution in [3.8, 4) is 11.5 Å². The van der Waals surface area contributed by atoms with Crippen molar-refractivity contribution in [1.82, 2.24) is 0 Å². The molecule has 1 heterocycles. The van der Waals surface area contributed by atoms with Crippen LogP contribution in [0.2, 0.25) is 0 Å². The second-order valence-electron chi connectivity index (χ2n) is 5.21. The largest absolute Gasteiger partial charge is 0.497 e. The Hall–Kier alpha value is -2.39. The Morgan fingerprint density at radius 1 is 1.04 bits per heavy atom. The maximum Gasteiger partial charge on any atom is 0.348 e. The Balaban J connectivity index is 1.97. The molecule has 0 aliphatic heterocycles. The number of thiophene rings is 1. The summed E-state index contributed by atoms with van der Waals surface area (Å²) in [6, 6.07) is 7.30. The van der Waals surface area contributed by atoms with Crippen LogP contribution in [0, 0.1) is 0 Å². The van der Waals surface area contributed by atoms with Crippen LogP contribution in [0.15, 0.2) is 24.3 Å². The monoisotopic (exact) mass is 411 g/mol. The zero-order chi connectivity index (χ0) is 19.8. The fraction of sp³-hybridized carbons (Fsp3) is 0.333. The van der Waals surface area contributed by atoms with Crippen molar-refractivity contribution >= 4 is 40.0 Å². The molecule has 0 spiro atoms. The summed E-state index contributed by atoms with van der Waals surface area (Å²) in [6.07, 6.45) is 0. The van der Waals surface area contributed by atoms with Crippen LogP contribution in [0.4, 0.5) is 5.00 Å². The zero-order valence-electron chi connectivity index (χ0n) is 15.3. The molecular formula is C18H21NO6S2. The Labute approximate surface area is 165 Å². The van der Waals surface area contributed by atoms with Gasteiger partial charge in [-0.2, -0.15) is 11.8 Å². The number of methoxy groups -OCH3 is 3. The smallest absolute Gasteiger partial charge is 0.348 e. The molecule has 2 aromatic rings. The van der Waals surface area contributed by atoms with Crippen LogP contribution in [0.25, 0.3) is 0 Å². The minimum atomic E-state index is -0.566. The second-order valence-corrected chi connectivity index (χ2v) is 7.37. The third kappa shape index (κ3) is 5.30. The van der Waals surface area contributed by atoms with Gasteiger partial charge >= 0.3 is 11.9 Å². The van der Waals surface area contributed by atoms with Gasteiger partial charge in [0.15, 0.2) is 0 Å². The first-order valence-corrected chi connectivity index (χ1v) is 9.91. The quantitative estimate of drug-likeness (QED) is 0.496. The molecule has 0 bridgehead atoms. The summed E-state index contributed by atoms with van der Waals surface area (Å²) in [4.78, 5) is 24.3. The molecular weight excluding hydrogens is 390 g/mol. The lowest BCUT2D eigenvalue weighted by Crippen LogP contribution is -2.09. The lowest BCUT2D eigenvalue weighted by molar-refractivity contribution is 0.0601. The van der Waals surface area contributed by atoms with E-state index in [-0.39, 0.29) is 10.6 Å². The summed E-state index contributed by atoms with van der Waals surface area (Å²) >= 11 is 2.54. The highest BCUT2D eigenvalue weighted by molar-refractivity contribution is 7.98. The van der Waals surface area contributed by atoms with Crippen molar-refractivity contribution < 1.29 is 28.5 Å². The topological polar surface area (TPSA) is 97.1 Å². The van der Waals surface area contributed by atoms with Crippen LogP contribution >= 0.6 is 23.1 Å². The van der Waals surface area contributed by atoms with Crippen molar-refractivity contribution in [1.29, 1.82) is 0 Å². The van der Waals surface area contributed by atoms with Gasteiger partial charge < -0.3 is 24.7 Å². The van der Waals surface area contributed by atoms with Crippen molar-refractivity contribution in [3.63, 3.8) is 0 Å². The third-order valence-corrected chi connectivity index (χ3v) is 5.59. The summed E-state index contributed by atoms with van der Waals surface area (Å²) < 4.78 is 20.3. The lowest BCUT2D eigenvalue weighted by Gasteiger charge is -2.08. The number of thioether (sulfide) groups is 1. The van der Waals surface area contributed by atoms with Crippen LogP contribution in [0.1, 0.15) is 25.6 Å². The van der Waals surface area contributed by atoms with E-state index in [9.17, 15) is 9.59 Å². The first kappa shape index (κ1) is 20.9. The molecule has 0 aliphatic carbocycles. The van der Waals surface area contributed by atoms with Crippen molar-refractivity contribution in [3.05, 3.63) is 40.3 Å². The van der Waals surface area contributed by atoms with E-state index in [2.05, 4.69) is 0 Å². The normalized spacial score (nSPS) is 10.3. The lowest BCUT2D eigenvalue weighted by atomic mass is 10.1. The molecule has 9 heteroatoms. The van der Waals surface area contributed by atoms with E-state index in [0.717, 1.165) is 22.8 Å². The van der Waals surface area contributed by atoms with Gasteiger partial charge in [0.2, 0.25) is 0 Å². The van der Waals surface area contributed by atoms with Crippen LogP contribution in [0.5, 0.6) is 11.5 Å². The predicted molar refractivity (Wildman–Crippen MR) is 106 cm³/mol. The number of carbonyl (C=O) groups is 2. The molecule has 0 fully saturated rings. The molecule has 0 saturated heterocycles. The minimum absolute atomic E-state index is 0.228. The molecule has 146 valence electrons. The van der Waals surface area contributed by atoms with Crippen LogP contribution in [0.3, 0.4) is 0 Å². The first-order chi connectivity index (χ1) is 13.0. The van der Waals surface area contributed by atoms with E-state index in [1.807, 2.05) is 24.3 Å². The van der Waals surface area contributed by atoms with Gasteiger partial charge in [-0.1, -0.05) is 0 Å². The molecule has 0 saturated carbocycles. The summed E-state index contributed by atoms with van der Waals surface area (Å²) in [7, 11) is 4.17. The molecule has 0 radical (unpaired) electrons. The van der Waals surface area contributed by atoms with Crippen molar-refractivity contribution in [2.75, 3.05) is 39.4 Å². The number of carbonyl (C=O) groups excluding carboxylic acids is 2. The Morgan fingerprint density at radius 3 is 2.26 bits per heavy atom. The summed E-state index contributed by atoms with van der Waals surface area (Å²) in [5.41, 5.74) is 6.67. The zero-order valence-corrected chi connectivity index (χ0v) is 16.9. The first-order valence-electron chi connectivity index (χ1n) is 7.94. The Kier molecular flexibility index (Phi) is 7.81. The number of esters is 2. The molecule has 2 N–H and O–H groups in total. The Morgan fingerprint density at radius 2 is 1.67 bits per heavy atom. The van der Waals surface area contributed by atoms with E-state index in [1.165, 1.54) is 26.0 Å². The van der Waals surface area contributed by atoms with Gasteiger partial charge in [-0.25, -0.2) is 9.59 Å². The minimum Gasteiger partial charge on any atom is -0.497 e. The molecule has 1 aromatic heterocycles. The SMILES string of the molecule is COC(=O)c1sc(N)c(C(=O)OC)c1CSCCOc1ccc(OC)cc1. The third-order valence-electron chi connectivity index (χ3n) is 3.60. The number of hydrogen-bond donors (Lipinski definition) is 1. The standard InChI is InChI=1S/C18H21NO6S2/c1-22-11-4-6-12(7-5-11)25-8-9-26-10-13-14(17(20)23-2)16(19)27-15(13)18(21)24-3/h4-7H,8-10,19H2,1-3H3. The maximum atomic E-state index is 12.0. The van der Waals surface area contributed by atoms with Gasteiger partial charge in [0.05, 0.1) is 33.5 Å². The number of hydrogen-bond acceptors (Lipinski definition) is 9. The number of nitrogens with two attached hydrogens (primary N) is 1. The van der Waals surface area contributed by atoms with Gasteiger partial charge in [0, 0.05) is 17.1 Å². The fourth-order valence-electron chi connectivity index (χ4n) is 2.27. The van der Waals surface area contributed by atoms with Gasteiger partial charge in [-0.15, -0.1) is 11.3 Å². The number of nitrogen functional groups attached to an aromatic ring is 1. The molecule has 2 rings (SSSR count). The number of benzene rings is 1. The summed E-state index contributed by atoms with van der Waals surface area (Å²) in [5, 5.41) is 0.243. The number of anilines is 1. The van der Waals surface area contributed by atoms with Gasteiger partial charge in [-0.3, -0.25) is 0 Å². The van der Waals surface area contributed by atoms with E-state index < -0.39 is 11.9 Å².